The van der Waals surface area contributed by atoms with Gasteiger partial charge in [0.1, 0.15) is 0 Å². The molecule has 2 heterocycles. The number of aromatic nitrogens is 1. The molecule has 1 aliphatic heterocycles. The van der Waals surface area contributed by atoms with E-state index < -0.39 is 0 Å². The maximum absolute atomic E-state index is 12.4. The Bertz CT molecular complexity index is 677. The average molecular weight is 335 g/mol. The number of benzene rings is 1. The highest BCUT2D eigenvalue weighted by molar-refractivity contribution is 6.31. The van der Waals surface area contributed by atoms with E-state index in [0.29, 0.717) is 17.5 Å². The molecular formula is C18H23ClN2O2. The second kappa shape index (κ2) is 7.37. The molecule has 1 saturated heterocycles. The van der Waals surface area contributed by atoms with E-state index in [1.165, 1.54) is 6.42 Å². The number of aromatic amines is 1. The summed E-state index contributed by atoms with van der Waals surface area (Å²) >= 11 is 6.06. The molecule has 1 fully saturated rings. The lowest BCUT2D eigenvalue weighted by Gasteiger charge is -2.25. The van der Waals surface area contributed by atoms with Crippen molar-refractivity contribution < 1.29 is 9.53 Å². The quantitative estimate of drug-likeness (QED) is 0.904. The van der Waals surface area contributed by atoms with Crippen molar-refractivity contribution in [2.45, 2.75) is 38.2 Å². The summed E-state index contributed by atoms with van der Waals surface area (Å²) in [5, 5.41) is 1.71. The predicted molar refractivity (Wildman–Crippen MR) is 92.9 cm³/mol. The third-order valence-electron chi connectivity index (χ3n) is 4.56. The predicted octanol–water partition coefficient (Wildman–Crippen LogP) is 3.78. The zero-order valence-corrected chi connectivity index (χ0v) is 14.2. The van der Waals surface area contributed by atoms with Crippen LogP contribution in [0.2, 0.25) is 5.02 Å². The fourth-order valence-corrected chi connectivity index (χ4v) is 3.26. The number of hydrogen-bond acceptors (Lipinski definition) is 2. The summed E-state index contributed by atoms with van der Waals surface area (Å²) in [4.78, 5) is 17.5. The molecule has 3 rings (SSSR count). The topological polar surface area (TPSA) is 45.3 Å². The van der Waals surface area contributed by atoms with Gasteiger partial charge in [0.2, 0.25) is 5.91 Å². The van der Waals surface area contributed by atoms with Crippen LogP contribution in [0.5, 0.6) is 0 Å². The summed E-state index contributed by atoms with van der Waals surface area (Å²) in [5.41, 5.74) is 2.00. The Morgan fingerprint density at radius 2 is 2.30 bits per heavy atom. The standard InChI is InChI=1S/C18H23ClN2O2/c1-21(8-7-15-4-2-3-9-23-15)18(22)10-13-12-20-17-6-5-14(19)11-16(13)17/h5-6,11-12,15,20H,2-4,7-10H2,1H3. The number of nitrogens with zero attached hydrogens (tertiary/aromatic N) is 1. The summed E-state index contributed by atoms with van der Waals surface area (Å²) in [7, 11) is 1.87. The molecule has 5 heteroatoms. The number of likely N-dealkylation sites (N-methyl/N-ethyl adjacent to an activating group) is 1. The molecule has 1 aliphatic rings. The zero-order chi connectivity index (χ0) is 16.2. The largest absolute Gasteiger partial charge is 0.378 e. The van der Waals surface area contributed by atoms with Crippen molar-refractivity contribution in [1.29, 1.82) is 0 Å². The first-order valence-electron chi connectivity index (χ1n) is 8.24. The molecule has 1 unspecified atom stereocenters. The molecule has 4 nitrogen and oxygen atoms in total. The van der Waals surface area contributed by atoms with Gasteiger partial charge in [0.05, 0.1) is 12.5 Å². The molecule has 0 aliphatic carbocycles. The van der Waals surface area contributed by atoms with Crippen molar-refractivity contribution in [3.05, 3.63) is 35.0 Å². The fraction of sp³-hybridized carbons (Fsp3) is 0.500. The molecular weight excluding hydrogens is 312 g/mol. The minimum absolute atomic E-state index is 0.127. The van der Waals surface area contributed by atoms with Crippen LogP contribution in [0, 0.1) is 0 Å². The lowest BCUT2D eigenvalue weighted by molar-refractivity contribution is -0.129. The van der Waals surface area contributed by atoms with Crippen LogP contribution in [0.4, 0.5) is 0 Å². The van der Waals surface area contributed by atoms with Gasteiger partial charge in [0.25, 0.3) is 0 Å². The smallest absolute Gasteiger partial charge is 0.226 e. The number of fused-ring (bicyclic) bond motifs is 1. The van der Waals surface area contributed by atoms with Crippen molar-refractivity contribution in [1.82, 2.24) is 9.88 Å². The van der Waals surface area contributed by atoms with Gasteiger partial charge < -0.3 is 14.6 Å². The monoisotopic (exact) mass is 334 g/mol. The highest BCUT2D eigenvalue weighted by atomic mass is 35.5. The van der Waals surface area contributed by atoms with Crippen molar-refractivity contribution in [3.63, 3.8) is 0 Å². The van der Waals surface area contributed by atoms with Gasteiger partial charge in [-0.05, 0) is 49.4 Å². The zero-order valence-electron chi connectivity index (χ0n) is 13.5. The minimum Gasteiger partial charge on any atom is -0.378 e. The first-order valence-corrected chi connectivity index (χ1v) is 8.62. The van der Waals surface area contributed by atoms with Crippen LogP contribution < -0.4 is 0 Å². The van der Waals surface area contributed by atoms with Crippen LogP contribution in [0.25, 0.3) is 10.9 Å². The maximum Gasteiger partial charge on any atom is 0.226 e. The molecule has 1 aromatic heterocycles. The van der Waals surface area contributed by atoms with Crippen molar-refractivity contribution >= 4 is 28.4 Å². The van der Waals surface area contributed by atoms with Crippen LogP contribution in [-0.4, -0.2) is 42.1 Å². The van der Waals surface area contributed by atoms with E-state index in [0.717, 1.165) is 48.9 Å². The van der Waals surface area contributed by atoms with Crippen LogP contribution in [-0.2, 0) is 16.0 Å². The third-order valence-corrected chi connectivity index (χ3v) is 4.79. The average Bonchev–Trinajstić information content (AvgIpc) is 2.95. The van der Waals surface area contributed by atoms with Gasteiger partial charge in [0, 0.05) is 42.3 Å². The van der Waals surface area contributed by atoms with Crippen LogP contribution in [0.3, 0.4) is 0 Å². The Hall–Kier alpha value is -1.52. The summed E-state index contributed by atoms with van der Waals surface area (Å²) in [6.45, 7) is 1.60. The van der Waals surface area contributed by atoms with Gasteiger partial charge in [-0.3, -0.25) is 4.79 Å². The Balaban J connectivity index is 1.57. The van der Waals surface area contributed by atoms with E-state index in [2.05, 4.69) is 4.98 Å². The maximum atomic E-state index is 12.4. The summed E-state index contributed by atoms with van der Waals surface area (Å²) in [6, 6.07) is 5.70. The second-order valence-electron chi connectivity index (χ2n) is 6.27. The van der Waals surface area contributed by atoms with Gasteiger partial charge in [-0.1, -0.05) is 11.6 Å². The van der Waals surface area contributed by atoms with E-state index in [1.54, 1.807) is 4.90 Å². The molecule has 124 valence electrons. The van der Waals surface area contributed by atoms with Gasteiger partial charge >= 0.3 is 0 Å². The SMILES string of the molecule is CN(CCC1CCCCO1)C(=O)Cc1c[nH]c2ccc(Cl)cc12. The number of amides is 1. The van der Waals surface area contributed by atoms with E-state index in [4.69, 9.17) is 16.3 Å². The lowest BCUT2D eigenvalue weighted by Crippen LogP contribution is -2.32. The Labute approximate surface area is 141 Å². The fourth-order valence-electron chi connectivity index (χ4n) is 3.09. The Morgan fingerprint density at radius 3 is 3.09 bits per heavy atom. The number of carbonyl (C=O) groups is 1. The molecule has 1 atom stereocenters. The molecule has 23 heavy (non-hydrogen) atoms. The summed E-state index contributed by atoms with van der Waals surface area (Å²) < 4.78 is 5.73. The highest BCUT2D eigenvalue weighted by Crippen LogP contribution is 2.23. The third kappa shape index (κ3) is 4.06. The van der Waals surface area contributed by atoms with Crippen LogP contribution in [0.1, 0.15) is 31.2 Å². The number of H-pyrrole nitrogens is 1. The van der Waals surface area contributed by atoms with Crippen LogP contribution in [0.15, 0.2) is 24.4 Å². The normalized spacial score (nSPS) is 18.3. The number of halogens is 1. The van der Waals surface area contributed by atoms with E-state index in [1.807, 2.05) is 31.4 Å². The highest BCUT2D eigenvalue weighted by Gasteiger charge is 2.17. The van der Waals surface area contributed by atoms with E-state index in [-0.39, 0.29) is 5.91 Å². The van der Waals surface area contributed by atoms with Gasteiger partial charge in [-0.2, -0.15) is 0 Å². The first-order chi connectivity index (χ1) is 11.1. The lowest BCUT2D eigenvalue weighted by atomic mass is 10.1. The minimum atomic E-state index is 0.127. The van der Waals surface area contributed by atoms with Crippen LogP contribution >= 0.6 is 11.6 Å². The van der Waals surface area contributed by atoms with Gasteiger partial charge in [-0.25, -0.2) is 0 Å². The van der Waals surface area contributed by atoms with Gasteiger partial charge in [0.15, 0.2) is 0 Å². The van der Waals surface area contributed by atoms with Crippen molar-refractivity contribution in [2.75, 3.05) is 20.2 Å². The second-order valence-corrected chi connectivity index (χ2v) is 6.71. The molecule has 2 aromatic rings. The number of carbonyl (C=O) groups excluding carboxylic acids is 1. The molecule has 0 bridgehead atoms. The Kier molecular flexibility index (Phi) is 5.23. The molecule has 1 amide bonds. The van der Waals surface area contributed by atoms with E-state index in [9.17, 15) is 4.79 Å². The van der Waals surface area contributed by atoms with E-state index >= 15 is 0 Å². The van der Waals surface area contributed by atoms with Crippen molar-refractivity contribution in [2.24, 2.45) is 0 Å². The molecule has 0 radical (unpaired) electrons. The number of hydrogen-bond donors (Lipinski definition) is 1. The van der Waals surface area contributed by atoms with Gasteiger partial charge in [-0.15, -0.1) is 0 Å². The molecule has 0 saturated carbocycles. The number of rotatable bonds is 5. The number of nitrogens with one attached hydrogen (secondary N) is 1. The first kappa shape index (κ1) is 16.3. The Morgan fingerprint density at radius 1 is 1.43 bits per heavy atom. The summed E-state index contributed by atoms with van der Waals surface area (Å²) in [6.07, 6.45) is 7.03. The molecule has 1 aromatic carbocycles. The summed E-state index contributed by atoms with van der Waals surface area (Å²) in [5.74, 6) is 0.127. The number of ether oxygens (including phenoxy) is 1. The molecule has 1 N–H and O–H groups in total. The van der Waals surface area contributed by atoms with Crippen molar-refractivity contribution in [3.8, 4) is 0 Å². The molecule has 0 spiro atoms.